The summed E-state index contributed by atoms with van der Waals surface area (Å²) in [5.74, 6) is 0.0130. The third-order valence-electron chi connectivity index (χ3n) is 2.48. The molecule has 0 bridgehead atoms. The van der Waals surface area contributed by atoms with Gasteiger partial charge in [-0.25, -0.2) is 4.39 Å². The highest BCUT2D eigenvalue weighted by atomic mass is 19.1. The van der Waals surface area contributed by atoms with Crippen LogP contribution in [0.5, 0.6) is 0 Å². The molecular formula is C11H18FN. The lowest BCUT2D eigenvalue weighted by molar-refractivity contribution is 0.235. The Labute approximate surface area is 79.5 Å². The monoisotopic (exact) mass is 183 g/mol. The lowest BCUT2D eigenvalue weighted by Crippen LogP contribution is -2.23. The molecule has 0 saturated heterocycles. The molecule has 74 valence electrons. The van der Waals surface area contributed by atoms with Crippen molar-refractivity contribution in [3.63, 3.8) is 0 Å². The van der Waals surface area contributed by atoms with Gasteiger partial charge in [0.25, 0.3) is 0 Å². The Balaban J connectivity index is 2.63. The van der Waals surface area contributed by atoms with Crippen LogP contribution in [0.1, 0.15) is 26.2 Å². The van der Waals surface area contributed by atoms with Crippen molar-refractivity contribution in [1.29, 1.82) is 0 Å². The molecule has 0 heterocycles. The highest BCUT2D eigenvalue weighted by Gasteiger charge is 2.21. The van der Waals surface area contributed by atoms with Crippen molar-refractivity contribution in [3.8, 4) is 0 Å². The zero-order valence-corrected chi connectivity index (χ0v) is 8.17. The quantitative estimate of drug-likeness (QED) is 0.699. The van der Waals surface area contributed by atoms with E-state index >= 15 is 0 Å². The van der Waals surface area contributed by atoms with Gasteiger partial charge in [0.15, 0.2) is 0 Å². The minimum absolute atomic E-state index is 0.0130. The second-order valence-electron chi connectivity index (χ2n) is 3.54. The second-order valence-corrected chi connectivity index (χ2v) is 3.54. The van der Waals surface area contributed by atoms with E-state index in [0.29, 0.717) is 13.0 Å². The van der Waals surface area contributed by atoms with Crippen molar-refractivity contribution in [2.24, 2.45) is 11.7 Å². The van der Waals surface area contributed by atoms with E-state index in [1.54, 1.807) is 0 Å². The fraction of sp³-hybridized carbons (Fsp3) is 0.636. The third kappa shape index (κ3) is 2.96. The van der Waals surface area contributed by atoms with E-state index in [9.17, 15) is 4.39 Å². The van der Waals surface area contributed by atoms with Gasteiger partial charge in [0, 0.05) is 12.3 Å². The molecule has 0 aromatic heterocycles. The Morgan fingerprint density at radius 1 is 1.69 bits per heavy atom. The van der Waals surface area contributed by atoms with E-state index in [1.165, 1.54) is 0 Å². The lowest BCUT2D eigenvalue weighted by atomic mass is 9.98. The van der Waals surface area contributed by atoms with Gasteiger partial charge in [-0.1, -0.05) is 25.2 Å². The minimum atomic E-state index is -0.766. The van der Waals surface area contributed by atoms with Crippen LogP contribution >= 0.6 is 0 Å². The van der Waals surface area contributed by atoms with Crippen LogP contribution in [-0.2, 0) is 0 Å². The number of allylic oxidation sites excluding steroid dienone is 4. The number of hydrogen-bond acceptors (Lipinski definition) is 1. The molecule has 0 aromatic carbocycles. The van der Waals surface area contributed by atoms with Crippen LogP contribution < -0.4 is 5.73 Å². The van der Waals surface area contributed by atoms with Crippen molar-refractivity contribution in [2.75, 3.05) is 6.54 Å². The summed E-state index contributed by atoms with van der Waals surface area (Å²) in [6.07, 6.45) is 7.68. The summed E-state index contributed by atoms with van der Waals surface area (Å²) in [6.45, 7) is 2.52. The molecule has 2 atom stereocenters. The van der Waals surface area contributed by atoms with Gasteiger partial charge in [-0.05, 0) is 25.0 Å². The van der Waals surface area contributed by atoms with Gasteiger partial charge >= 0.3 is 0 Å². The first-order valence-electron chi connectivity index (χ1n) is 4.97. The molecule has 0 radical (unpaired) electrons. The largest absolute Gasteiger partial charge is 0.330 e. The zero-order valence-electron chi connectivity index (χ0n) is 8.17. The molecule has 1 aliphatic carbocycles. The standard InChI is InChI=1S/C11H18FN/c1-2-4-9-5-3-6-10(8-13)11(12)7-9/h3-5,10-11H,2,6-8,13H2,1H3/b9-4-/t10-,11?/m0/s1. The van der Waals surface area contributed by atoms with Crippen molar-refractivity contribution in [3.05, 3.63) is 23.8 Å². The molecule has 2 heteroatoms. The van der Waals surface area contributed by atoms with E-state index in [4.69, 9.17) is 5.73 Å². The maximum atomic E-state index is 13.5. The summed E-state index contributed by atoms with van der Waals surface area (Å²) in [6, 6.07) is 0. The average molecular weight is 183 g/mol. The van der Waals surface area contributed by atoms with Crippen molar-refractivity contribution < 1.29 is 4.39 Å². The van der Waals surface area contributed by atoms with Gasteiger partial charge in [-0.2, -0.15) is 0 Å². The van der Waals surface area contributed by atoms with Gasteiger partial charge in [0.1, 0.15) is 6.17 Å². The van der Waals surface area contributed by atoms with Crippen LogP contribution in [0.15, 0.2) is 23.8 Å². The highest BCUT2D eigenvalue weighted by molar-refractivity contribution is 5.21. The number of hydrogen-bond donors (Lipinski definition) is 1. The molecule has 1 nitrogen and oxygen atoms in total. The summed E-state index contributed by atoms with van der Waals surface area (Å²) in [5, 5.41) is 0. The van der Waals surface area contributed by atoms with Crippen LogP contribution in [0, 0.1) is 5.92 Å². The zero-order chi connectivity index (χ0) is 9.68. The summed E-state index contributed by atoms with van der Waals surface area (Å²) >= 11 is 0. The lowest BCUT2D eigenvalue weighted by Gasteiger charge is -2.15. The van der Waals surface area contributed by atoms with E-state index in [1.807, 2.05) is 12.2 Å². The first-order chi connectivity index (χ1) is 6.27. The van der Waals surface area contributed by atoms with Gasteiger partial charge in [0.2, 0.25) is 0 Å². The van der Waals surface area contributed by atoms with Crippen molar-refractivity contribution in [2.45, 2.75) is 32.4 Å². The molecule has 1 unspecified atom stereocenters. The number of rotatable bonds is 2. The van der Waals surface area contributed by atoms with Gasteiger partial charge in [-0.15, -0.1) is 0 Å². The molecule has 0 aliphatic heterocycles. The number of halogens is 1. The van der Waals surface area contributed by atoms with Crippen LogP contribution in [0.3, 0.4) is 0 Å². The fourth-order valence-corrected chi connectivity index (χ4v) is 1.66. The first-order valence-corrected chi connectivity index (χ1v) is 4.97. The smallest absolute Gasteiger partial charge is 0.108 e. The Hall–Kier alpha value is -0.630. The molecule has 0 fully saturated rings. The molecule has 0 saturated carbocycles. The Kier molecular flexibility index (Phi) is 4.16. The molecule has 1 aliphatic rings. The molecule has 0 aromatic rings. The normalized spacial score (nSPS) is 32.1. The predicted octanol–water partition coefficient (Wildman–Crippen LogP) is 2.59. The first kappa shape index (κ1) is 10.5. The maximum Gasteiger partial charge on any atom is 0.108 e. The third-order valence-corrected chi connectivity index (χ3v) is 2.48. The van der Waals surface area contributed by atoms with E-state index in [2.05, 4.69) is 13.0 Å². The van der Waals surface area contributed by atoms with Crippen LogP contribution in [0.25, 0.3) is 0 Å². The Morgan fingerprint density at radius 3 is 3.08 bits per heavy atom. The van der Waals surface area contributed by atoms with Crippen molar-refractivity contribution >= 4 is 0 Å². The summed E-state index contributed by atoms with van der Waals surface area (Å²) < 4.78 is 13.5. The highest BCUT2D eigenvalue weighted by Crippen LogP contribution is 2.24. The maximum absolute atomic E-state index is 13.5. The van der Waals surface area contributed by atoms with Gasteiger partial charge in [-0.3, -0.25) is 0 Å². The summed E-state index contributed by atoms with van der Waals surface area (Å²) in [4.78, 5) is 0. The van der Waals surface area contributed by atoms with Crippen molar-refractivity contribution in [1.82, 2.24) is 0 Å². The second kappa shape index (κ2) is 5.18. The molecule has 2 N–H and O–H groups in total. The van der Waals surface area contributed by atoms with E-state index < -0.39 is 6.17 Å². The summed E-state index contributed by atoms with van der Waals surface area (Å²) in [5.41, 5.74) is 6.61. The summed E-state index contributed by atoms with van der Waals surface area (Å²) in [7, 11) is 0. The molecular weight excluding hydrogens is 165 g/mol. The SMILES string of the molecule is CC/C=C1/C=CC[C@@H](CN)C(F)C1. The predicted molar refractivity (Wildman–Crippen MR) is 54.2 cm³/mol. The van der Waals surface area contributed by atoms with E-state index in [-0.39, 0.29) is 5.92 Å². The fourth-order valence-electron chi connectivity index (χ4n) is 1.66. The number of nitrogens with two attached hydrogens (primary N) is 1. The number of alkyl halides is 1. The van der Waals surface area contributed by atoms with Crippen LogP contribution in [-0.4, -0.2) is 12.7 Å². The molecule has 0 spiro atoms. The van der Waals surface area contributed by atoms with Gasteiger partial charge < -0.3 is 5.73 Å². The molecule has 13 heavy (non-hydrogen) atoms. The molecule has 0 amide bonds. The van der Waals surface area contributed by atoms with Gasteiger partial charge in [0.05, 0.1) is 0 Å². The molecule has 1 rings (SSSR count). The topological polar surface area (TPSA) is 26.0 Å². The Morgan fingerprint density at radius 2 is 2.46 bits per heavy atom. The Bertz CT molecular complexity index is 208. The van der Waals surface area contributed by atoms with E-state index in [0.717, 1.165) is 18.4 Å². The average Bonchev–Trinajstić information content (AvgIpc) is 2.28. The minimum Gasteiger partial charge on any atom is -0.330 e. The van der Waals surface area contributed by atoms with Crippen LogP contribution in [0.2, 0.25) is 0 Å². The van der Waals surface area contributed by atoms with Crippen LogP contribution in [0.4, 0.5) is 4.39 Å².